The molecule has 1 saturated heterocycles. The molecule has 1 unspecified atom stereocenters. The van der Waals surface area contributed by atoms with Crippen molar-refractivity contribution in [1.29, 1.82) is 0 Å². The summed E-state index contributed by atoms with van der Waals surface area (Å²) >= 11 is 0. The van der Waals surface area contributed by atoms with Gasteiger partial charge in [-0.25, -0.2) is 9.78 Å². The molecule has 2 rings (SSSR count). The normalized spacial score (nSPS) is 19.9. The van der Waals surface area contributed by atoms with Gasteiger partial charge in [0.1, 0.15) is 11.4 Å². The first kappa shape index (κ1) is 13.8. The zero-order chi connectivity index (χ0) is 13.7. The number of pyridine rings is 1. The molecule has 104 valence electrons. The van der Waals surface area contributed by atoms with Gasteiger partial charge in [-0.1, -0.05) is 12.8 Å². The molecule has 0 spiro atoms. The maximum absolute atomic E-state index is 11.8. The summed E-state index contributed by atoms with van der Waals surface area (Å²) in [4.78, 5) is 18.2. The topological polar surface area (TPSA) is 62.7 Å². The van der Waals surface area contributed by atoms with E-state index in [4.69, 9.17) is 4.74 Å². The smallest absolute Gasteiger partial charge is 0.341 e. The summed E-state index contributed by atoms with van der Waals surface area (Å²) in [7, 11) is 1.37. The molecule has 0 saturated carbocycles. The van der Waals surface area contributed by atoms with Crippen LogP contribution in [0.3, 0.4) is 0 Å². The van der Waals surface area contributed by atoms with Gasteiger partial charge in [0.2, 0.25) is 0 Å². The van der Waals surface area contributed by atoms with E-state index in [9.17, 15) is 9.90 Å². The van der Waals surface area contributed by atoms with E-state index in [-0.39, 0.29) is 18.6 Å². The van der Waals surface area contributed by atoms with Crippen LogP contribution in [0.1, 0.15) is 36.0 Å². The molecule has 1 N–H and O–H groups in total. The van der Waals surface area contributed by atoms with E-state index in [1.54, 1.807) is 18.3 Å². The number of aliphatic hydroxyl groups is 1. The number of carbonyl (C=O) groups is 1. The van der Waals surface area contributed by atoms with Crippen LogP contribution in [0.25, 0.3) is 0 Å². The highest BCUT2D eigenvalue weighted by Gasteiger charge is 2.25. The number of hydrogen-bond acceptors (Lipinski definition) is 5. The molecule has 5 heteroatoms. The van der Waals surface area contributed by atoms with Crippen LogP contribution in [-0.4, -0.2) is 42.4 Å². The van der Waals surface area contributed by atoms with Gasteiger partial charge in [0.25, 0.3) is 0 Å². The minimum absolute atomic E-state index is 0.0285. The van der Waals surface area contributed by atoms with Gasteiger partial charge in [0.15, 0.2) is 0 Å². The van der Waals surface area contributed by atoms with Crippen molar-refractivity contribution in [2.24, 2.45) is 0 Å². The van der Waals surface area contributed by atoms with Crippen molar-refractivity contribution in [3.63, 3.8) is 0 Å². The van der Waals surface area contributed by atoms with Crippen molar-refractivity contribution < 1.29 is 14.6 Å². The highest BCUT2D eigenvalue weighted by Crippen LogP contribution is 2.25. The van der Waals surface area contributed by atoms with Crippen LogP contribution in [0, 0.1) is 0 Å². The third-order valence-corrected chi connectivity index (χ3v) is 3.55. The molecule has 1 aromatic heterocycles. The van der Waals surface area contributed by atoms with Crippen LogP contribution in [0.5, 0.6) is 0 Å². The average molecular weight is 264 g/mol. The number of esters is 1. The fourth-order valence-corrected chi connectivity index (χ4v) is 2.54. The molecule has 5 nitrogen and oxygen atoms in total. The maximum Gasteiger partial charge on any atom is 0.341 e. The van der Waals surface area contributed by atoms with Crippen molar-refractivity contribution in [2.45, 2.75) is 31.7 Å². The monoisotopic (exact) mass is 264 g/mol. The van der Waals surface area contributed by atoms with Crippen LogP contribution in [0.2, 0.25) is 0 Å². The Morgan fingerprint density at radius 3 is 3.11 bits per heavy atom. The second-order valence-electron chi connectivity index (χ2n) is 4.75. The molecule has 0 aromatic carbocycles. The van der Waals surface area contributed by atoms with Gasteiger partial charge in [0.05, 0.1) is 19.8 Å². The summed E-state index contributed by atoms with van der Waals surface area (Å²) in [6.07, 6.45) is 5.89. The molecule has 0 amide bonds. The first-order valence-electron chi connectivity index (χ1n) is 6.68. The Labute approximate surface area is 113 Å². The predicted molar refractivity (Wildman–Crippen MR) is 72.3 cm³/mol. The summed E-state index contributed by atoms with van der Waals surface area (Å²) in [5.41, 5.74) is 0.463. The number of rotatable bonds is 3. The molecule has 1 aliphatic rings. The van der Waals surface area contributed by atoms with Gasteiger partial charge >= 0.3 is 5.97 Å². The Kier molecular flexibility index (Phi) is 4.74. The highest BCUT2D eigenvalue weighted by atomic mass is 16.5. The van der Waals surface area contributed by atoms with Gasteiger partial charge < -0.3 is 14.7 Å². The summed E-state index contributed by atoms with van der Waals surface area (Å²) in [6.45, 7) is 0.892. The number of carbonyl (C=O) groups excluding carboxylic acids is 1. The molecule has 19 heavy (non-hydrogen) atoms. The van der Waals surface area contributed by atoms with Crippen LogP contribution >= 0.6 is 0 Å². The van der Waals surface area contributed by atoms with Crippen molar-refractivity contribution in [3.8, 4) is 0 Å². The SMILES string of the molecule is COC(=O)c1cccnc1N1CCCCCC1CO. The first-order chi connectivity index (χ1) is 9.27. The molecule has 0 aliphatic carbocycles. The van der Waals surface area contributed by atoms with Gasteiger partial charge in [-0.05, 0) is 25.0 Å². The average Bonchev–Trinajstić information content (AvgIpc) is 2.71. The lowest BCUT2D eigenvalue weighted by atomic mass is 10.1. The van der Waals surface area contributed by atoms with Gasteiger partial charge in [-0.2, -0.15) is 0 Å². The number of nitrogens with zero attached hydrogens (tertiary/aromatic N) is 2. The molecule has 1 fully saturated rings. The molecule has 1 aliphatic heterocycles. The van der Waals surface area contributed by atoms with E-state index in [1.165, 1.54) is 7.11 Å². The summed E-state index contributed by atoms with van der Waals surface area (Å²) in [6, 6.07) is 3.47. The van der Waals surface area contributed by atoms with Crippen molar-refractivity contribution >= 4 is 11.8 Å². The number of aromatic nitrogens is 1. The second kappa shape index (κ2) is 6.52. The molecule has 0 bridgehead atoms. The molecule has 1 atom stereocenters. The van der Waals surface area contributed by atoms with Crippen molar-refractivity contribution in [1.82, 2.24) is 4.98 Å². The minimum atomic E-state index is -0.385. The number of ether oxygens (including phenoxy) is 1. The minimum Gasteiger partial charge on any atom is -0.465 e. The number of aliphatic hydroxyl groups excluding tert-OH is 1. The number of methoxy groups -OCH3 is 1. The molecular weight excluding hydrogens is 244 g/mol. The Morgan fingerprint density at radius 1 is 1.53 bits per heavy atom. The zero-order valence-electron chi connectivity index (χ0n) is 11.2. The second-order valence-corrected chi connectivity index (χ2v) is 4.75. The van der Waals surface area contributed by atoms with E-state index in [2.05, 4.69) is 4.98 Å². The van der Waals surface area contributed by atoms with Crippen LogP contribution < -0.4 is 4.90 Å². The predicted octanol–water partition coefficient (Wildman–Crippen LogP) is 1.61. The lowest BCUT2D eigenvalue weighted by Crippen LogP contribution is -2.39. The maximum atomic E-state index is 11.8. The van der Waals surface area contributed by atoms with Crippen LogP contribution in [0.15, 0.2) is 18.3 Å². The Hall–Kier alpha value is -1.62. The third kappa shape index (κ3) is 3.04. The molecule has 2 heterocycles. The first-order valence-corrected chi connectivity index (χ1v) is 6.68. The van der Waals surface area contributed by atoms with E-state index < -0.39 is 0 Å². The van der Waals surface area contributed by atoms with E-state index >= 15 is 0 Å². The van der Waals surface area contributed by atoms with Crippen LogP contribution in [0.4, 0.5) is 5.82 Å². The Bertz CT molecular complexity index is 436. The number of anilines is 1. The van der Waals surface area contributed by atoms with E-state index in [0.717, 1.165) is 32.2 Å². The molecule has 1 aromatic rings. The summed E-state index contributed by atoms with van der Waals surface area (Å²) in [5, 5.41) is 9.55. The molecule has 0 radical (unpaired) electrons. The van der Waals surface area contributed by atoms with E-state index in [0.29, 0.717) is 11.4 Å². The largest absolute Gasteiger partial charge is 0.465 e. The van der Waals surface area contributed by atoms with Crippen molar-refractivity contribution in [3.05, 3.63) is 23.9 Å². The summed E-state index contributed by atoms with van der Waals surface area (Å²) < 4.78 is 4.80. The van der Waals surface area contributed by atoms with Crippen LogP contribution in [-0.2, 0) is 4.74 Å². The van der Waals surface area contributed by atoms with Gasteiger partial charge in [-0.3, -0.25) is 0 Å². The number of hydrogen-bond donors (Lipinski definition) is 1. The quantitative estimate of drug-likeness (QED) is 0.840. The Balaban J connectivity index is 2.35. The lowest BCUT2D eigenvalue weighted by Gasteiger charge is -2.30. The Morgan fingerprint density at radius 2 is 2.37 bits per heavy atom. The van der Waals surface area contributed by atoms with Crippen molar-refractivity contribution in [2.75, 3.05) is 25.2 Å². The fourth-order valence-electron chi connectivity index (χ4n) is 2.54. The van der Waals surface area contributed by atoms with E-state index in [1.807, 2.05) is 4.90 Å². The van der Waals surface area contributed by atoms with Gasteiger partial charge in [0, 0.05) is 12.7 Å². The third-order valence-electron chi connectivity index (χ3n) is 3.55. The lowest BCUT2D eigenvalue weighted by molar-refractivity contribution is 0.0600. The highest BCUT2D eigenvalue weighted by molar-refractivity contribution is 5.94. The van der Waals surface area contributed by atoms with Gasteiger partial charge in [-0.15, -0.1) is 0 Å². The standard InChI is InChI=1S/C14H20N2O3/c1-19-14(18)12-7-5-8-15-13(12)16-9-4-2-3-6-11(16)10-17/h5,7-8,11,17H,2-4,6,9-10H2,1H3. The fraction of sp³-hybridized carbons (Fsp3) is 0.571. The molecular formula is C14H20N2O3. The summed E-state index contributed by atoms with van der Waals surface area (Å²) in [5.74, 6) is 0.235. The zero-order valence-corrected chi connectivity index (χ0v) is 11.2.